The number of hydrazine groups is 1. The molecular weight excluding hydrogens is 206 g/mol. The van der Waals surface area contributed by atoms with Gasteiger partial charge in [0.1, 0.15) is 17.8 Å². The van der Waals surface area contributed by atoms with Gasteiger partial charge in [-0.05, 0) is 24.6 Å². The van der Waals surface area contributed by atoms with Crippen molar-refractivity contribution in [3.8, 4) is 5.75 Å². The number of aryl methyl sites for hydroxylation is 1. The number of hydrogen-bond acceptors (Lipinski definition) is 4. The minimum atomic E-state index is 0.0953. The van der Waals surface area contributed by atoms with Crippen LogP contribution >= 0.6 is 0 Å². The molecule has 0 aromatic heterocycles. The van der Waals surface area contributed by atoms with Gasteiger partial charge in [-0.2, -0.15) is 0 Å². The molecule has 0 spiro atoms. The van der Waals surface area contributed by atoms with Crippen molar-refractivity contribution in [1.82, 2.24) is 0 Å². The smallest absolute Gasteiger partial charge is 0.144 e. The fourth-order valence-electron chi connectivity index (χ4n) is 1.27. The van der Waals surface area contributed by atoms with Crippen molar-refractivity contribution in [3.05, 3.63) is 23.8 Å². The van der Waals surface area contributed by atoms with Gasteiger partial charge in [0.05, 0.1) is 6.61 Å². The average molecular weight is 223 g/mol. The van der Waals surface area contributed by atoms with Crippen molar-refractivity contribution in [2.45, 2.75) is 13.3 Å². The van der Waals surface area contributed by atoms with Crippen LogP contribution in [-0.4, -0.2) is 24.7 Å². The Morgan fingerprint density at radius 1 is 1.56 bits per heavy atom. The number of nitrogens with zero attached hydrogens (tertiary/aromatic N) is 1. The van der Waals surface area contributed by atoms with Gasteiger partial charge >= 0.3 is 0 Å². The number of aliphatic hydroxyl groups excluding tert-OH is 1. The zero-order chi connectivity index (χ0) is 12.0. The Kier molecular flexibility index (Phi) is 4.75. The summed E-state index contributed by atoms with van der Waals surface area (Å²) in [6.07, 6.45) is 1.59. The van der Waals surface area contributed by atoms with Crippen LogP contribution in [0.2, 0.25) is 0 Å². The second kappa shape index (κ2) is 6.09. The first-order chi connectivity index (χ1) is 7.69. The average Bonchev–Trinajstić information content (AvgIpc) is 2.30. The van der Waals surface area contributed by atoms with Gasteiger partial charge in [0.15, 0.2) is 0 Å². The Morgan fingerprint density at radius 2 is 2.31 bits per heavy atom. The van der Waals surface area contributed by atoms with E-state index < -0.39 is 0 Å². The summed E-state index contributed by atoms with van der Waals surface area (Å²) in [6.45, 7) is 2.47. The lowest BCUT2D eigenvalue weighted by Gasteiger charge is -2.17. The number of nitrogens with two attached hydrogens (primary N) is 1. The van der Waals surface area contributed by atoms with Gasteiger partial charge in [-0.25, -0.2) is 5.84 Å². The molecule has 0 fully saturated rings. The molecule has 0 aliphatic carbocycles. The van der Waals surface area contributed by atoms with Gasteiger partial charge in [-0.1, -0.05) is 6.07 Å². The van der Waals surface area contributed by atoms with Crippen molar-refractivity contribution in [2.75, 3.05) is 18.2 Å². The Balaban J connectivity index is 2.84. The molecule has 1 rings (SSSR count). The molecule has 0 unspecified atom stereocenters. The van der Waals surface area contributed by atoms with Gasteiger partial charge in [0.2, 0.25) is 0 Å². The van der Waals surface area contributed by atoms with Crippen LogP contribution in [0.5, 0.6) is 5.75 Å². The number of nitrogens with one attached hydrogen (secondary N) is 1. The quantitative estimate of drug-likeness (QED) is 0.221. The molecule has 1 aromatic carbocycles. The van der Waals surface area contributed by atoms with Crippen LogP contribution in [0.4, 0.5) is 5.69 Å². The van der Waals surface area contributed by atoms with Gasteiger partial charge in [0.25, 0.3) is 0 Å². The van der Waals surface area contributed by atoms with Crippen LogP contribution in [0.1, 0.15) is 12.0 Å². The van der Waals surface area contributed by atoms with E-state index >= 15 is 0 Å². The molecular formula is C11H17N3O2. The summed E-state index contributed by atoms with van der Waals surface area (Å²) in [5.74, 6) is 6.24. The van der Waals surface area contributed by atoms with E-state index in [1.807, 2.05) is 25.1 Å². The topological polar surface area (TPSA) is 82.6 Å². The molecule has 0 atom stereocenters. The highest BCUT2D eigenvalue weighted by atomic mass is 16.5. The van der Waals surface area contributed by atoms with Gasteiger partial charge < -0.3 is 9.84 Å². The molecule has 0 saturated heterocycles. The number of anilines is 1. The molecule has 0 heterocycles. The largest absolute Gasteiger partial charge is 0.491 e. The lowest BCUT2D eigenvalue weighted by atomic mass is 10.2. The molecule has 0 bridgehead atoms. The summed E-state index contributed by atoms with van der Waals surface area (Å²) in [6, 6.07) is 5.57. The lowest BCUT2D eigenvalue weighted by molar-refractivity contribution is 0.234. The summed E-state index contributed by atoms with van der Waals surface area (Å²) >= 11 is 0. The number of hydrogen-bond donors (Lipinski definition) is 3. The maximum absolute atomic E-state index is 8.66. The molecule has 0 amide bonds. The molecule has 5 heteroatoms. The predicted octanol–water partition coefficient (Wildman–Crippen LogP) is 1.04. The van der Waals surface area contributed by atoms with E-state index in [0.29, 0.717) is 24.5 Å². The fourth-order valence-corrected chi connectivity index (χ4v) is 1.27. The number of benzene rings is 1. The summed E-state index contributed by atoms with van der Waals surface area (Å²) in [4.78, 5) is 0. The second-order valence-corrected chi connectivity index (χ2v) is 3.43. The summed E-state index contributed by atoms with van der Waals surface area (Å²) < 4.78 is 5.47. The van der Waals surface area contributed by atoms with Crippen molar-refractivity contribution >= 4 is 12.0 Å². The molecule has 0 radical (unpaired) electrons. The van der Waals surface area contributed by atoms with Crippen LogP contribution in [0.3, 0.4) is 0 Å². The zero-order valence-corrected chi connectivity index (χ0v) is 9.31. The predicted molar refractivity (Wildman–Crippen MR) is 63.8 cm³/mol. The lowest BCUT2D eigenvalue weighted by Crippen LogP contribution is -2.29. The summed E-state index contributed by atoms with van der Waals surface area (Å²) in [5.41, 5.74) is 1.69. The number of ether oxygens (including phenoxy) is 1. The molecule has 16 heavy (non-hydrogen) atoms. The van der Waals surface area contributed by atoms with Crippen LogP contribution in [0, 0.1) is 12.3 Å². The van der Waals surface area contributed by atoms with E-state index in [4.69, 9.17) is 21.1 Å². The van der Waals surface area contributed by atoms with Crippen molar-refractivity contribution < 1.29 is 9.84 Å². The Bertz CT molecular complexity index is 355. The van der Waals surface area contributed by atoms with Gasteiger partial charge in [-0.3, -0.25) is 10.4 Å². The third kappa shape index (κ3) is 3.22. The minimum Gasteiger partial charge on any atom is -0.491 e. The summed E-state index contributed by atoms with van der Waals surface area (Å²) in [5, 5.41) is 17.0. The first-order valence-electron chi connectivity index (χ1n) is 5.08. The normalized spacial score (nSPS) is 9.94. The Labute approximate surface area is 94.9 Å². The molecule has 5 nitrogen and oxygen atoms in total. The third-order valence-electron chi connectivity index (χ3n) is 2.09. The van der Waals surface area contributed by atoms with Crippen molar-refractivity contribution in [2.24, 2.45) is 5.84 Å². The third-order valence-corrected chi connectivity index (χ3v) is 2.09. The molecule has 0 saturated carbocycles. The van der Waals surface area contributed by atoms with E-state index in [1.54, 1.807) is 0 Å². The second-order valence-electron chi connectivity index (χ2n) is 3.43. The van der Waals surface area contributed by atoms with E-state index in [9.17, 15) is 0 Å². The van der Waals surface area contributed by atoms with E-state index in [0.717, 1.165) is 11.9 Å². The van der Waals surface area contributed by atoms with Crippen LogP contribution in [0.15, 0.2) is 18.2 Å². The monoisotopic (exact) mass is 223 g/mol. The highest BCUT2D eigenvalue weighted by Gasteiger charge is 2.07. The molecule has 4 N–H and O–H groups in total. The van der Waals surface area contributed by atoms with Crippen LogP contribution in [-0.2, 0) is 0 Å². The Morgan fingerprint density at radius 3 is 2.94 bits per heavy atom. The molecule has 1 aromatic rings. The maximum atomic E-state index is 8.66. The van der Waals surface area contributed by atoms with E-state index in [-0.39, 0.29) is 6.61 Å². The maximum Gasteiger partial charge on any atom is 0.144 e. The van der Waals surface area contributed by atoms with Crippen LogP contribution in [0.25, 0.3) is 0 Å². The minimum absolute atomic E-state index is 0.0953. The van der Waals surface area contributed by atoms with E-state index in [1.165, 1.54) is 5.01 Å². The molecule has 0 aliphatic heterocycles. The van der Waals surface area contributed by atoms with Gasteiger partial charge in [-0.15, -0.1) is 0 Å². The molecule has 0 aliphatic rings. The highest BCUT2D eigenvalue weighted by Crippen LogP contribution is 2.27. The standard InChI is InChI=1S/C11H17N3O2/c1-9-3-4-11(16-6-2-5-15)10(7-9)14(13)8-12/h3-4,7-8,12,15H,2,5-6,13H2,1H3. The van der Waals surface area contributed by atoms with Crippen molar-refractivity contribution in [3.63, 3.8) is 0 Å². The van der Waals surface area contributed by atoms with Crippen molar-refractivity contribution in [1.29, 1.82) is 5.41 Å². The number of rotatable bonds is 6. The zero-order valence-electron chi connectivity index (χ0n) is 9.31. The van der Waals surface area contributed by atoms with E-state index in [2.05, 4.69) is 0 Å². The molecule has 88 valence electrons. The first kappa shape index (κ1) is 12.5. The van der Waals surface area contributed by atoms with Crippen LogP contribution < -0.4 is 15.6 Å². The highest BCUT2D eigenvalue weighted by molar-refractivity contribution is 5.79. The summed E-state index contributed by atoms with van der Waals surface area (Å²) in [7, 11) is 0. The Hall–Kier alpha value is -1.59. The van der Waals surface area contributed by atoms with Gasteiger partial charge in [0, 0.05) is 13.0 Å². The fraction of sp³-hybridized carbons (Fsp3) is 0.364. The first-order valence-corrected chi connectivity index (χ1v) is 5.08. The SMILES string of the molecule is Cc1ccc(OCCCO)c(N(N)C=N)c1. The number of aliphatic hydroxyl groups is 1.